The number of carbonyl (C=O) groups is 2. The summed E-state index contributed by atoms with van der Waals surface area (Å²) >= 11 is 0. The predicted molar refractivity (Wildman–Crippen MR) is 69.7 cm³/mol. The number of fused-ring (bicyclic) bond motifs is 1. The average Bonchev–Trinajstić information content (AvgIpc) is 3.00. The van der Waals surface area contributed by atoms with E-state index >= 15 is 0 Å². The van der Waals surface area contributed by atoms with Crippen LogP contribution in [0.1, 0.15) is 38.5 Å². The molecule has 3 fully saturated rings. The van der Waals surface area contributed by atoms with Crippen LogP contribution < -0.4 is 11.1 Å². The number of nitrogens with two attached hydrogens (primary N) is 1. The van der Waals surface area contributed by atoms with E-state index in [0.717, 1.165) is 0 Å². The third-order valence-electron chi connectivity index (χ3n) is 5.89. The summed E-state index contributed by atoms with van der Waals surface area (Å²) in [7, 11) is 0. The minimum atomic E-state index is -4.35. The van der Waals surface area contributed by atoms with Crippen molar-refractivity contribution >= 4 is 11.9 Å². The Morgan fingerprint density at radius 1 is 1.27 bits per heavy atom. The Labute approximate surface area is 125 Å². The van der Waals surface area contributed by atoms with Crippen molar-refractivity contribution in [3.63, 3.8) is 0 Å². The molecule has 2 aliphatic carbocycles. The van der Waals surface area contributed by atoms with Gasteiger partial charge in [-0.15, -0.1) is 0 Å². The number of aliphatic carboxylic acids is 1. The fraction of sp³-hybridized carbons (Fsp3) is 0.857. The monoisotopic (exact) mass is 320 g/mol. The van der Waals surface area contributed by atoms with Gasteiger partial charge in [-0.25, -0.2) is 0 Å². The van der Waals surface area contributed by atoms with Crippen molar-refractivity contribution < 1.29 is 27.9 Å². The predicted octanol–water partition coefficient (Wildman–Crippen LogP) is 1.42. The SMILES string of the molecule is NC(=O)[C@]1([C@]23C[C@@H]2C[C@@H](C(=O)O)N3)CCC[C@H](C(F)(F)F)C1. The molecule has 5 nitrogen and oxygen atoms in total. The van der Waals surface area contributed by atoms with E-state index in [4.69, 9.17) is 10.8 Å². The highest BCUT2D eigenvalue weighted by Gasteiger charge is 2.74. The van der Waals surface area contributed by atoms with Crippen LogP contribution in [0.3, 0.4) is 0 Å². The summed E-state index contributed by atoms with van der Waals surface area (Å²) in [5.74, 6) is -3.39. The molecule has 2 saturated carbocycles. The maximum Gasteiger partial charge on any atom is 0.391 e. The highest BCUT2D eigenvalue weighted by molar-refractivity contribution is 5.85. The van der Waals surface area contributed by atoms with Crippen molar-refractivity contribution in [1.82, 2.24) is 5.32 Å². The Bertz CT molecular complexity index is 524. The Morgan fingerprint density at radius 3 is 2.45 bits per heavy atom. The number of hydrogen-bond donors (Lipinski definition) is 3. The molecule has 22 heavy (non-hydrogen) atoms. The number of piperidine rings is 1. The van der Waals surface area contributed by atoms with E-state index in [1.807, 2.05) is 0 Å². The second-order valence-corrected chi connectivity index (χ2v) is 6.92. The lowest BCUT2D eigenvalue weighted by Crippen LogP contribution is -2.59. The van der Waals surface area contributed by atoms with Gasteiger partial charge in [0.15, 0.2) is 0 Å². The van der Waals surface area contributed by atoms with Crippen molar-refractivity contribution in [3.8, 4) is 0 Å². The van der Waals surface area contributed by atoms with Gasteiger partial charge in [0.2, 0.25) is 5.91 Å². The van der Waals surface area contributed by atoms with Crippen molar-refractivity contribution in [2.75, 3.05) is 0 Å². The second kappa shape index (κ2) is 4.59. The fourth-order valence-corrected chi connectivity index (χ4v) is 4.74. The van der Waals surface area contributed by atoms with Gasteiger partial charge in [0.05, 0.1) is 11.3 Å². The van der Waals surface area contributed by atoms with Crippen LogP contribution in [0.2, 0.25) is 0 Å². The highest BCUT2D eigenvalue weighted by Crippen LogP contribution is 2.66. The van der Waals surface area contributed by atoms with E-state index in [0.29, 0.717) is 19.3 Å². The van der Waals surface area contributed by atoms with Crippen LogP contribution in [0.5, 0.6) is 0 Å². The third kappa shape index (κ3) is 2.03. The summed E-state index contributed by atoms with van der Waals surface area (Å²) in [6, 6.07) is -0.804. The molecule has 1 heterocycles. The number of hydrogen-bond acceptors (Lipinski definition) is 3. The Morgan fingerprint density at radius 2 is 1.95 bits per heavy atom. The first-order valence-electron chi connectivity index (χ1n) is 7.49. The molecule has 0 radical (unpaired) electrons. The standard InChI is InChI=1S/C14H19F3N2O3/c15-14(16,17)7-2-1-3-12(5-7,11(18)22)13-6-8(13)4-9(19-13)10(20)21/h7-9,19H,1-6H2,(H2,18,22)(H,20,21)/t7-,8-,9-,12-,13-/m0/s1. The van der Waals surface area contributed by atoms with Gasteiger partial charge in [0.1, 0.15) is 6.04 Å². The molecule has 5 atom stereocenters. The molecule has 0 aromatic heterocycles. The van der Waals surface area contributed by atoms with Gasteiger partial charge < -0.3 is 10.8 Å². The molecule has 124 valence electrons. The summed E-state index contributed by atoms with van der Waals surface area (Å²) < 4.78 is 39.3. The average molecular weight is 320 g/mol. The number of halogens is 3. The summed E-state index contributed by atoms with van der Waals surface area (Å²) in [6.07, 6.45) is -3.23. The van der Waals surface area contributed by atoms with E-state index < -0.39 is 41.0 Å². The first-order valence-corrected chi connectivity index (χ1v) is 7.49. The fourth-order valence-electron chi connectivity index (χ4n) is 4.74. The lowest BCUT2D eigenvalue weighted by Gasteiger charge is -2.45. The van der Waals surface area contributed by atoms with E-state index in [9.17, 15) is 22.8 Å². The van der Waals surface area contributed by atoms with Crippen molar-refractivity contribution in [2.45, 2.75) is 56.3 Å². The molecule has 3 aliphatic rings. The normalized spacial score (nSPS) is 44.4. The minimum absolute atomic E-state index is 0.00162. The molecule has 1 aliphatic heterocycles. The van der Waals surface area contributed by atoms with E-state index in [1.54, 1.807) is 0 Å². The second-order valence-electron chi connectivity index (χ2n) is 6.92. The molecule has 1 saturated heterocycles. The van der Waals surface area contributed by atoms with Crippen LogP contribution in [-0.4, -0.2) is 34.7 Å². The van der Waals surface area contributed by atoms with Crippen LogP contribution >= 0.6 is 0 Å². The number of alkyl halides is 3. The van der Waals surface area contributed by atoms with Gasteiger partial charge in [-0.1, -0.05) is 6.42 Å². The summed E-state index contributed by atoms with van der Waals surface area (Å²) in [4.78, 5) is 23.2. The van der Waals surface area contributed by atoms with E-state index in [1.165, 1.54) is 0 Å². The lowest BCUT2D eigenvalue weighted by molar-refractivity contribution is -0.195. The first kappa shape index (κ1) is 15.6. The maximum atomic E-state index is 13.1. The number of rotatable bonds is 3. The zero-order chi connectivity index (χ0) is 16.3. The first-order chi connectivity index (χ1) is 10.1. The topological polar surface area (TPSA) is 92.4 Å². The summed E-state index contributed by atoms with van der Waals surface area (Å²) in [5.41, 5.74) is 3.38. The number of amides is 1. The van der Waals surface area contributed by atoms with Gasteiger partial charge in [0.25, 0.3) is 0 Å². The molecule has 3 rings (SSSR count). The zero-order valence-corrected chi connectivity index (χ0v) is 11.9. The van der Waals surface area contributed by atoms with Crippen LogP contribution in [0.4, 0.5) is 13.2 Å². The van der Waals surface area contributed by atoms with Gasteiger partial charge >= 0.3 is 12.1 Å². The van der Waals surface area contributed by atoms with Crippen LogP contribution in [-0.2, 0) is 9.59 Å². The highest BCUT2D eigenvalue weighted by atomic mass is 19.4. The minimum Gasteiger partial charge on any atom is -0.480 e. The lowest BCUT2D eigenvalue weighted by atomic mass is 9.63. The van der Waals surface area contributed by atoms with E-state index in [2.05, 4.69) is 5.32 Å². The maximum absolute atomic E-state index is 13.1. The molecule has 0 spiro atoms. The molecule has 0 aromatic rings. The quantitative estimate of drug-likeness (QED) is 0.733. The van der Waals surface area contributed by atoms with Gasteiger partial charge in [-0.3, -0.25) is 14.9 Å². The Balaban J connectivity index is 1.91. The molecule has 0 unspecified atom stereocenters. The number of primary amides is 1. The van der Waals surface area contributed by atoms with Gasteiger partial charge in [0, 0.05) is 5.54 Å². The van der Waals surface area contributed by atoms with Crippen LogP contribution in [0.25, 0.3) is 0 Å². The molecule has 0 bridgehead atoms. The van der Waals surface area contributed by atoms with Crippen LogP contribution in [0, 0.1) is 17.3 Å². The Hall–Kier alpha value is -1.31. The third-order valence-corrected chi connectivity index (χ3v) is 5.89. The number of carbonyl (C=O) groups excluding carboxylic acids is 1. The molecule has 0 aromatic carbocycles. The van der Waals surface area contributed by atoms with Gasteiger partial charge in [-0.2, -0.15) is 13.2 Å². The summed E-state index contributed by atoms with van der Waals surface area (Å²) in [6.45, 7) is 0. The molecule has 8 heteroatoms. The van der Waals surface area contributed by atoms with Gasteiger partial charge in [-0.05, 0) is 38.0 Å². The summed E-state index contributed by atoms with van der Waals surface area (Å²) in [5, 5.41) is 12.0. The van der Waals surface area contributed by atoms with Crippen molar-refractivity contribution in [3.05, 3.63) is 0 Å². The smallest absolute Gasteiger partial charge is 0.391 e. The largest absolute Gasteiger partial charge is 0.480 e. The number of nitrogens with one attached hydrogen (secondary N) is 1. The van der Waals surface area contributed by atoms with E-state index in [-0.39, 0.29) is 25.2 Å². The molecular formula is C14H19F3N2O3. The zero-order valence-electron chi connectivity index (χ0n) is 11.9. The Kier molecular flexibility index (Phi) is 3.25. The van der Waals surface area contributed by atoms with Crippen molar-refractivity contribution in [2.24, 2.45) is 23.0 Å². The molecule has 4 N–H and O–H groups in total. The number of carboxylic acid groups (broad SMARTS) is 1. The van der Waals surface area contributed by atoms with Crippen molar-refractivity contribution in [1.29, 1.82) is 0 Å². The molecule has 1 amide bonds. The van der Waals surface area contributed by atoms with Crippen LogP contribution in [0.15, 0.2) is 0 Å². The molecular weight excluding hydrogens is 301 g/mol. The number of carboxylic acids is 1.